The molecule has 6 rings (SSSR count). The van der Waals surface area contributed by atoms with Crippen molar-refractivity contribution in [3.63, 3.8) is 0 Å². The summed E-state index contributed by atoms with van der Waals surface area (Å²) in [5, 5.41) is 4.21. The number of hydrogen-bond donors (Lipinski definition) is 2. The summed E-state index contributed by atoms with van der Waals surface area (Å²) in [5.74, 6) is -0.412. The number of hydrogen-bond acceptors (Lipinski definition) is 4. The molecule has 158 valence electrons. The molecule has 3 aliphatic rings. The number of benzene rings is 1. The minimum absolute atomic E-state index is 0.0416. The number of carbonyl (C=O) groups excluding carboxylic acids is 2. The molecule has 1 aromatic carbocycles. The van der Waals surface area contributed by atoms with Crippen molar-refractivity contribution < 1.29 is 18.7 Å². The first kappa shape index (κ1) is 18.4. The molecule has 0 radical (unpaired) electrons. The van der Waals surface area contributed by atoms with Gasteiger partial charge in [-0.3, -0.25) is 9.59 Å². The van der Waals surface area contributed by atoms with Gasteiger partial charge in [0, 0.05) is 23.6 Å². The number of carbonyl (C=O) groups is 2. The topological polar surface area (TPSA) is 87.6 Å². The van der Waals surface area contributed by atoms with Gasteiger partial charge in [0.1, 0.15) is 11.4 Å². The number of fused-ring (bicyclic) bond motifs is 2. The van der Waals surface area contributed by atoms with Gasteiger partial charge in [-0.1, -0.05) is 30.4 Å². The molecule has 7 nitrogen and oxygen atoms in total. The Balaban J connectivity index is 1.15. The van der Waals surface area contributed by atoms with Crippen LogP contribution in [0.5, 0.6) is 0 Å². The van der Waals surface area contributed by atoms with Crippen LogP contribution in [0.1, 0.15) is 11.3 Å². The van der Waals surface area contributed by atoms with Crippen molar-refractivity contribution >= 4 is 22.7 Å². The van der Waals surface area contributed by atoms with Gasteiger partial charge in [-0.15, -0.1) is 0 Å². The fourth-order valence-electron chi connectivity index (χ4n) is 5.38. The van der Waals surface area contributed by atoms with E-state index >= 15 is 0 Å². The lowest BCUT2D eigenvalue weighted by Crippen LogP contribution is -2.44. The van der Waals surface area contributed by atoms with Crippen LogP contribution >= 0.6 is 0 Å². The van der Waals surface area contributed by atoms with Gasteiger partial charge in [-0.2, -0.15) is 0 Å². The standard InChI is InChI=1S/C24H23N3O4/c28-22(25-10-8-15-12-26-18-6-2-1-5-17(15)18)20-19-7-9-24(31-19)14-27(23(29)21(20)24)13-16-4-3-11-30-16/h1-7,9,11-12,19-21,26H,8,10,13-14H2,(H,25,28)/t19-,20?,21?,24+/m0/s1. The molecule has 31 heavy (non-hydrogen) atoms. The van der Waals surface area contributed by atoms with Crippen molar-refractivity contribution in [2.45, 2.75) is 24.7 Å². The Morgan fingerprint density at radius 1 is 1.26 bits per heavy atom. The molecule has 2 unspecified atom stereocenters. The average molecular weight is 417 g/mol. The van der Waals surface area contributed by atoms with Crippen LogP contribution in [0, 0.1) is 11.8 Å². The molecule has 2 saturated heterocycles. The molecule has 0 saturated carbocycles. The van der Waals surface area contributed by atoms with E-state index < -0.39 is 17.4 Å². The lowest BCUT2D eigenvalue weighted by Gasteiger charge is -2.23. The van der Waals surface area contributed by atoms with E-state index in [4.69, 9.17) is 9.15 Å². The van der Waals surface area contributed by atoms with Gasteiger partial charge in [0.15, 0.2) is 0 Å². The van der Waals surface area contributed by atoms with Crippen molar-refractivity contribution in [2.75, 3.05) is 13.1 Å². The molecule has 3 aliphatic heterocycles. The SMILES string of the molecule is O=C(NCCc1c[nH]c2ccccc12)C1C2C(=O)N(Cc3ccco3)C[C@]23C=C[C@@H]1O3. The van der Waals surface area contributed by atoms with Crippen LogP contribution < -0.4 is 5.32 Å². The van der Waals surface area contributed by atoms with E-state index in [-0.39, 0.29) is 17.9 Å². The van der Waals surface area contributed by atoms with Crippen LogP contribution in [0.25, 0.3) is 10.9 Å². The number of aromatic nitrogens is 1. The number of rotatable bonds is 6. The minimum atomic E-state index is -0.701. The summed E-state index contributed by atoms with van der Waals surface area (Å²) in [6.07, 6.45) is 7.87. The van der Waals surface area contributed by atoms with Crippen molar-refractivity contribution in [1.82, 2.24) is 15.2 Å². The number of aromatic amines is 1. The Morgan fingerprint density at radius 3 is 3.03 bits per heavy atom. The average Bonchev–Trinajstić information content (AvgIpc) is 3.58. The van der Waals surface area contributed by atoms with Crippen molar-refractivity contribution in [1.29, 1.82) is 0 Å². The Labute approximate surface area is 179 Å². The smallest absolute Gasteiger partial charge is 0.230 e. The van der Waals surface area contributed by atoms with E-state index in [1.54, 1.807) is 17.2 Å². The zero-order valence-electron chi connectivity index (χ0n) is 16.9. The largest absolute Gasteiger partial charge is 0.467 e. The summed E-state index contributed by atoms with van der Waals surface area (Å²) in [4.78, 5) is 31.3. The second-order valence-corrected chi connectivity index (χ2v) is 8.57. The Bertz CT molecular complexity index is 1180. The lowest BCUT2D eigenvalue weighted by atomic mass is 9.77. The van der Waals surface area contributed by atoms with Crippen molar-refractivity contribution in [3.05, 3.63) is 72.3 Å². The molecule has 2 aromatic heterocycles. The molecule has 3 aromatic rings. The Morgan fingerprint density at radius 2 is 2.16 bits per heavy atom. The summed E-state index contributed by atoms with van der Waals surface area (Å²) in [7, 11) is 0. The molecule has 2 N–H and O–H groups in total. The van der Waals surface area contributed by atoms with Gasteiger partial charge in [0.25, 0.3) is 0 Å². The zero-order chi connectivity index (χ0) is 21.0. The Hall–Kier alpha value is -3.32. The molecule has 5 heterocycles. The quantitative estimate of drug-likeness (QED) is 0.603. The minimum Gasteiger partial charge on any atom is -0.467 e. The van der Waals surface area contributed by atoms with Crippen molar-refractivity contribution in [2.24, 2.45) is 11.8 Å². The third kappa shape index (κ3) is 2.84. The molecule has 2 bridgehead atoms. The highest BCUT2D eigenvalue weighted by molar-refractivity contribution is 5.93. The summed E-state index contributed by atoms with van der Waals surface area (Å²) < 4.78 is 11.6. The number of nitrogens with one attached hydrogen (secondary N) is 2. The van der Waals surface area contributed by atoms with Gasteiger partial charge in [0.2, 0.25) is 11.8 Å². The van der Waals surface area contributed by atoms with Crippen LogP contribution in [0.3, 0.4) is 0 Å². The van der Waals surface area contributed by atoms with E-state index in [9.17, 15) is 9.59 Å². The molecule has 2 fully saturated rings. The maximum atomic E-state index is 13.2. The second-order valence-electron chi connectivity index (χ2n) is 8.57. The lowest BCUT2D eigenvalue weighted by molar-refractivity contribution is -0.138. The number of nitrogens with zero attached hydrogens (tertiary/aromatic N) is 1. The molecular weight excluding hydrogens is 394 g/mol. The highest BCUT2D eigenvalue weighted by Crippen LogP contribution is 2.52. The zero-order valence-corrected chi connectivity index (χ0v) is 16.9. The first-order chi connectivity index (χ1) is 15.1. The highest BCUT2D eigenvalue weighted by atomic mass is 16.5. The third-order valence-corrected chi connectivity index (χ3v) is 6.78. The van der Waals surface area contributed by atoms with Gasteiger partial charge < -0.3 is 24.4 Å². The van der Waals surface area contributed by atoms with Crippen LogP contribution in [0.15, 0.2) is 65.4 Å². The number of H-pyrrole nitrogens is 1. The van der Waals surface area contributed by atoms with Crippen molar-refractivity contribution in [3.8, 4) is 0 Å². The van der Waals surface area contributed by atoms with Crippen LogP contribution in [0.2, 0.25) is 0 Å². The summed E-state index contributed by atoms with van der Waals surface area (Å²) in [6, 6.07) is 11.8. The highest BCUT2D eigenvalue weighted by Gasteiger charge is 2.66. The maximum Gasteiger partial charge on any atom is 0.230 e. The number of likely N-dealkylation sites (tertiary alicyclic amines) is 1. The summed E-state index contributed by atoms with van der Waals surface area (Å²) in [5.41, 5.74) is 1.55. The molecule has 2 amide bonds. The molecule has 4 atom stereocenters. The first-order valence-corrected chi connectivity index (χ1v) is 10.7. The number of amides is 2. The summed E-state index contributed by atoms with van der Waals surface area (Å²) >= 11 is 0. The van der Waals surface area contributed by atoms with E-state index in [0.29, 0.717) is 19.6 Å². The fraction of sp³-hybridized carbons (Fsp3) is 0.333. The molecular formula is C24H23N3O4. The van der Waals surface area contributed by atoms with E-state index in [0.717, 1.165) is 23.3 Å². The van der Waals surface area contributed by atoms with Gasteiger partial charge in [-0.05, 0) is 30.2 Å². The summed E-state index contributed by atoms with van der Waals surface area (Å²) in [6.45, 7) is 1.35. The van der Waals surface area contributed by atoms with Crippen LogP contribution in [-0.2, 0) is 27.3 Å². The molecule has 7 heteroatoms. The van der Waals surface area contributed by atoms with Gasteiger partial charge >= 0.3 is 0 Å². The van der Waals surface area contributed by atoms with Crippen LogP contribution in [-0.4, -0.2) is 46.5 Å². The van der Waals surface area contributed by atoms with Gasteiger partial charge in [-0.25, -0.2) is 0 Å². The number of para-hydroxylation sites is 1. The van der Waals surface area contributed by atoms with E-state index in [1.165, 1.54) is 5.39 Å². The molecule has 1 spiro atoms. The molecule has 0 aliphatic carbocycles. The number of furan rings is 1. The predicted molar refractivity (Wildman–Crippen MR) is 113 cm³/mol. The maximum absolute atomic E-state index is 13.2. The number of ether oxygens (including phenoxy) is 1. The van der Waals surface area contributed by atoms with E-state index in [1.807, 2.05) is 42.6 Å². The van der Waals surface area contributed by atoms with E-state index in [2.05, 4.69) is 16.4 Å². The first-order valence-electron chi connectivity index (χ1n) is 10.7. The Kier molecular flexibility index (Phi) is 4.08. The monoisotopic (exact) mass is 417 g/mol. The van der Waals surface area contributed by atoms with Gasteiger partial charge in [0.05, 0.1) is 37.3 Å². The van der Waals surface area contributed by atoms with Crippen LogP contribution in [0.4, 0.5) is 0 Å². The fourth-order valence-corrected chi connectivity index (χ4v) is 5.38. The predicted octanol–water partition coefficient (Wildman–Crippen LogP) is 2.40. The third-order valence-electron chi connectivity index (χ3n) is 6.78. The normalized spacial score (nSPS) is 28.6. The second kappa shape index (κ2) is 6.85.